The van der Waals surface area contributed by atoms with Crippen LogP contribution in [0.5, 0.6) is 0 Å². The molecule has 3 aromatic rings. The second-order valence-corrected chi connectivity index (χ2v) is 4.36. The van der Waals surface area contributed by atoms with Crippen LogP contribution in [0.1, 0.15) is 0 Å². The van der Waals surface area contributed by atoms with Gasteiger partial charge in [0, 0.05) is 11.8 Å². The monoisotopic (exact) mass is 269 g/mol. The molecule has 2 aromatic heterocycles. The van der Waals surface area contributed by atoms with Crippen molar-refractivity contribution in [1.82, 2.24) is 14.5 Å². The number of carboxylic acid groups (broad SMARTS) is 1. The van der Waals surface area contributed by atoms with Crippen LogP contribution >= 0.6 is 0 Å². The first kappa shape index (κ1) is 12.2. The van der Waals surface area contributed by atoms with Crippen molar-refractivity contribution in [3.63, 3.8) is 0 Å². The van der Waals surface area contributed by atoms with Gasteiger partial charge in [-0.05, 0) is 5.56 Å². The zero-order valence-corrected chi connectivity index (χ0v) is 10.4. The van der Waals surface area contributed by atoms with Crippen LogP contribution < -0.4 is 5.56 Å². The average molecular weight is 269 g/mol. The number of aromatic nitrogens is 3. The van der Waals surface area contributed by atoms with Crippen LogP contribution in [0.4, 0.5) is 0 Å². The first-order valence-corrected chi connectivity index (χ1v) is 6.00. The number of rotatable bonds is 3. The summed E-state index contributed by atoms with van der Waals surface area (Å²) in [6, 6.07) is 9.43. The molecule has 2 N–H and O–H groups in total. The molecule has 100 valence electrons. The van der Waals surface area contributed by atoms with Crippen molar-refractivity contribution < 1.29 is 9.90 Å². The van der Waals surface area contributed by atoms with E-state index in [9.17, 15) is 9.59 Å². The van der Waals surface area contributed by atoms with Crippen LogP contribution in [-0.4, -0.2) is 25.6 Å². The van der Waals surface area contributed by atoms with E-state index >= 15 is 0 Å². The van der Waals surface area contributed by atoms with Crippen molar-refractivity contribution in [2.24, 2.45) is 0 Å². The predicted octanol–water partition coefficient (Wildman–Crippen LogP) is 1.48. The third-order valence-electron chi connectivity index (χ3n) is 3.05. The second-order valence-electron chi connectivity index (χ2n) is 4.36. The fourth-order valence-electron chi connectivity index (χ4n) is 2.24. The van der Waals surface area contributed by atoms with Crippen LogP contribution in [0.3, 0.4) is 0 Å². The standard InChI is InChI=1S/C14H11N3O3/c18-11(19)7-17-6-10(9-4-2-1-3-5-9)12-13(17)14(20)16-8-15-12/h1-6,8H,7H2,(H,18,19)(H,15,16,20). The minimum Gasteiger partial charge on any atom is -0.480 e. The van der Waals surface area contributed by atoms with Gasteiger partial charge in [0.1, 0.15) is 17.6 Å². The normalized spacial score (nSPS) is 10.8. The van der Waals surface area contributed by atoms with E-state index in [1.165, 1.54) is 10.9 Å². The average Bonchev–Trinajstić information content (AvgIpc) is 2.79. The molecule has 20 heavy (non-hydrogen) atoms. The largest absolute Gasteiger partial charge is 0.480 e. The van der Waals surface area contributed by atoms with Gasteiger partial charge in [0.05, 0.1) is 6.33 Å². The summed E-state index contributed by atoms with van der Waals surface area (Å²) < 4.78 is 1.41. The molecule has 6 heteroatoms. The zero-order valence-electron chi connectivity index (χ0n) is 10.4. The van der Waals surface area contributed by atoms with E-state index in [2.05, 4.69) is 9.97 Å². The van der Waals surface area contributed by atoms with Gasteiger partial charge in [0.15, 0.2) is 0 Å². The molecule has 0 aliphatic rings. The van der Waals surface area contributed by atoms with Gasteiger partial charge in [-0.1, -0.05) is 30.3 Å². The second kappa shape index (κ2) is 4.65. The van der Waals surface area contributed by atoms with Gasteiger partial charge in [0.2, 0.25) is 0 Å². The third kappa shape index (κ3) is 1.97. The smallest absolute Gasteiger partial charge is 0.323 e. The molecule has 0 radical (unpaired) electrons. The summed E-state index contributed by atoms with van der Waals surface area (Å²) in [6.45, 7) is -0.280. The lowest BCUT2D eigenvalue weighted by molar-refractivity contribution is -0.137. The number of fused-ring (bicyclic) bond motifs is 1. The summed E-state index contributed by atoms with van der Waals surface area (Å²) in [6.07, 6.45) is 2.97. The Labute approximate surface area is 113 Å². The molecule has 1 aromatic carbocycles. The van der Waals surface area contributed by atoms with Gasteiger partial charge in [0.25, 0.3) is 5.56 Å². The molecule has 0 saturated heterocycles. The zero-order chi connectivity index (χ0) is 14.1. The lowest BCUT2D eigenvalue weighted by atomic mass is 10.1. The molecule has 0 spiro atoms. The number of carbonyl (C=O) groups is 1. The van der Waals surface area contributed by atoms with Gasteiger partial charge in [-0.15, -0.1) is 0 Å². The topological polar surface area (TPSA) is 88.0 Å². The quantitative estimate of drug-likeness (QED) is 0.753. The van der Waals surface area contributed by atoms with Gasteiger partial charge in [-0.25, -0.2) is 4.98 Å². The maximum Gasteiger partial charge on any atom is 0.323 e. The van der Waals surface area contributed by atoms with Crippen molar-refractivity contribution in [2.45, 2.75) is 6.54 Å². The van der Waals surface area contributed by atoms with Crippen LogP contribution in [0.2, 0.25) is 0 Å². The number of benzene rings is 1. The Morgan fingerprint density at radius 3 is 2.75 bits per heavy atom. The number of nitrogens with zero attached hydrogens (tertiary/aromatic N) is 2. The predicted molar refractivity (Wildman–Crippen MR) is 73.4 cm³/mol. The van der Waals surface area contributed by atoms with E-state index in [0.717, 1.165) is 11.1 Å². The fourth-order valence-corrected chi connectivity index (χ4v) is 2.24. The molecular weight excluding hydrogens is 258 g/mol. The summed E-state index contributed by atoms with van der Waals surface area (Å²) in [7, 11) is 0. The number of hydrogen-bond acceptors (Lipinski definition) is 3. The Balaban J connectivity index is 2.32. The number of carboxylic acids is 1. The van der Waals surface area contributed by atoms with E-state index in [1.807, 2.05) is 30.3 Å². The summed E-state index contributed by atoms with van der Waals surface area (Å²) in [5, 5.41) is 8.94. The molecule has 3 rings (SSSR count). The van der Waals surface area contributed by atoms with Gasteiger partial charge < -0.3 is 14.7 Å². The Morgan fingerprint density at radius 2 is 2.05 bits per heavy atom. The molecule has 0 bridgehead atoms. The van der Waals surface area contributed by atoms with Crippen molar-refractivity contribution in [3.8, 4) is 11.1 Å². The first-order chi connectivity index (χ1) is 9.66. The molecule has 6 nitrogen and oxygen atoms in total. The maximum atomic E-state index is 11.9. The minimum absolute atomic E-state index is 0.272. The van der Waals surface area contributed by atoms with Crippen molar-refractivity contribution >= 4 is 17.0 Å². The van der Waals surface area contributed by atoms with Crippen molar-refractivity contribution in [3.05, 3.63) is 53.2 Å². The number of aliphatic carboxylic acids is 1. The Hall–Kier alpha value is -2.89. The molecule has 0 unspecified atom stereocenters. The van der Waals surface area contributed by atoms with E-state index in [-0.39, 0.29) is 17.6 Å². The molecule has 0 saturated carbocycles. The lowest BCUT2D eigenvalue weighted by Gasteiger charge is -1.98. The summed E-state index contributed by atoms with van der Waals surface area (Å²) >= 11 is 0. The maximum absolute atomic E-state index is 11.9. The van der Waals surface area contributed by atoms with E-state index in [4.69, 9.17) is 5.11 Å². The summed E-state index contributed by atoms with van der Waals surface area (Å²) in [5.41, 5.74) is 2.06. The van der Waals surface area contributed by atoms with Crippen LogP contribution in [0.25, 0.3) is 22.2 Å². The molecule has 0 amide bonds. The van der Waals surface area contributed by atoms with Crippen LogP contribution in [0, 0.1) is 0 Å². The highest BCUT2D eigenvalue weighted by Crippen LogP contribution is 2.27. The third-order valence-corrected chi connectivity index (χ3v) is 3.05. The van der Waals surface area contributed by atoms with Gasteiger partial charge in [-0.3, -0.25) is 9.59 Å². The highest BCUT2D eigenvalue weighted by atomic mass is 16.4. The molecule has 0 fully saturated rings. The number of nitrogens with one attached hydrogen (secondary N) is 1. The minimum atomic E-state index is -1.01. The van der Waals surface area contributed by atoms with E-state index < -0.39 is 5.97 Å². The summed E-state index contributed by atoms with van der Waals surface area (Å²) in [4.78, 5) is 29.5. The first-order valence-electron chi connectivity index (χ1n) is 6.00. The number of hydrogen-bond donors (Lipinski definition) is 2. The Kier molecular flexibility index (Phi) is 2.83. The molecule has 2 heterocycles. The lowest BCUT2D eigenvalue weighted by Crippen LogP contribution is -2.14. The van der Waals surface area contributed by atoms with Crippen molar-refractivity contribution in [1.29, 1.82) is 0 Å². The highest BCUT2D eigenvalue weighted by Gasteiger charge is 2.15. The fraction of sp³-hybridized carbons (Fsp3) is 0.0714. The molecule has 0 atom stereocenters. The number of H-pyrrole nitrogens is 1. The Bertz CT molecular complexity index is 834. The highest BCUT2D eigenvalue weighted by molar-refractivity contribution is 5.93. The van der Waals surface area contributed by atoms with E-state index in [1.54, 1.807) is 6.20 Å². The SMILES string of the molecule is O=C(O)Cn1cc(-c2ccccc2)c2nc[nH]c(=O)c21. The van der Waals surface area contributed by atoms with Crippen molar-refractivity contribution in [2.75, 3.05) is 0 Å². The Morgan fingerprint density at radius 1 is 1.30 bits per heavy atom. The molecule has 0 aliphatic heterocycles. The van der Waals surface area contributed by atoms with Crippen LogP contribution in [-0.2, 0) is 11.3 Å². The van der Waals surface area contributed by atoms with Gasteiger partial charge >= 0.3 is 5.97 Å². The number of aromatic amines is 1. The van der Waals surface area contributed by atoms with Crippen LogP contribution in [0.15, 0.2) is 47.7 Å². The van der Waals surface area contributed by atoms with Gasteiger partial charge in [-0.2, -0.15) is 0 Å². The molecular formula is C14H11N3O3. The van der Waals surface area contributed by atoms with E-state index in [0.29, 0.717) is 5.52 Å². The summed E-state index contributed by atoms with van der Waals surface area (Å²) in [5.74, 6) is -1.01. The molecule has 0 aliphatic carbocycles.